The van der Waals surface area contributed by atoms with Gasteiger partial charge in [0.15, 0.2) is 0 Å². The molecule has 0 aliphatic heterocycles. The van der Waals surface area contributed by atoms with E-state index in [9.17, 15) is 0 Å². The molecule has 0 spiro atoms. The topological polar surface area (TPSA) is 30.7 Å². The van der Waals surface area contributed by atoms with Gasteiger partial charge in [0.1, 0.15) is 10.7 Å². The van der Waals surface area contributed by atoms with Crippen LogP contribution in [0, 0.1) is 0 Å². The van der Waals surface area contributed by atoms with Crippen LogP contribution in [-0.4, -0.2) is 14.8 Å². The monoisotopic (exact) mass is 233 g/mol. The van der Waals surface area contributed by atoms with E-state index in [-0.39, 0.29) is 0 Å². The van der Waals surface area contributed by atoms with Gasteiger partial charge in [0.2, 0.25) is 0 Å². The highest BCUT2D eigenvalue weighted by Gasteiger charge is 2.22. The van der Waals surface area contributed by atoms with Gasteiger partial charge in [-0.05, 0) is 32.6 Å². The molecule has 0 saturated carbocycles. The van der Waals surface area contributed by atoms with Crippen molar-refractivity contribution in [1.29, 1.82) is 0 Å². The Kier molecular flexibility index (Phi) is 2.52. The third-order valence-corrected chi connectivity index (χ3v) is 3.94. The lowest BCUT2D eigenvalue weighted by Crippen LogP contribution is -2.01. The van der Waals surface area contributed by atoms with Gasteiger partial charge >= 0.3 is 0 Å². The summed E-state index contributed by atoms with van der Waals surface area (Å²) < 4.78 is 2.12. The molecule has 2 aromatic rings. The quantitative estimate of drug-likeness (QED) is 0.798. The number of aromatic nitrogens is 3. The lowest BCUT2D eigenvalue weighted by molar-refractivity contribution is 0.634. The van der Waals surface area contributed by atoms with Crippen molar-refractivity contribution in [3.8, 4) is 10.7 Å². The Morgan fingerprint density at radius 3 is 3.00 bits per heavy atom. The van der Waals surface area contributed by atoms with Crippen LogP contribution in [0.3, 0.4) is 0 Å². The number of hydrogen-bond acceptors (Lipinski definition) is 3. The summed E-state index contributed by atoms with van der Waals surface area (Å²) in [6, 6.07) is 0. The predicted molar refractivity (Wildman–Crippen MR) is 65.7 cm³/mol. The van der Waals surface area contributed by atoms with Gasteiger partial charge in [-0.15, -0.1) is 11.3 Å². The molecule has 0 fully saturated rings. The Labute approximate surface area is 99.1 Å². The first kappa shape index (κ1) is 10.0. The van der Waals surface area contributed by atoms with Crippen molar-refractivity contribution in [1.82, 2.24) is 14.8 Å². The molecule has 0 bridgehead atoms. The first-order chi connectivity index (χ1) is 7.90. The highest BCUT2D eigenvalue weighted by molar-refractivity contribution is 7.13. The van der Waals surface area contributed by atoms with Crippen LogP contribution in [0.4, 0.5) is 0 Å². The molecule has 2 aromatic heterocycles. The van der Waals surface area contributed by atoms with E-state index >= 15 is 0 Å². The Bertz CT molecular complexity index is 485. The van der Waals surface area contributed by atoms with Gasteiger partial charge in [0.25, 0.3) is 0 Å². The molecule has 2 heterocycles. The van der Waals surface area contributed by atoms with Crippen molar-refractivity contribution in [3.63, 3.8) is 0 Å². The van der Waals surface area contributed by atoms with Gasteiger partial charge in [-0.1, -0.05) is 0 Å². The van der Waals surface area contributed by atoms with Crippen LogP contribution in [0.1, 0.15) is 31.0 Å². The molecule has 4 heteroatoms. The average molecular weight is 233 g/mol. The van der Waals surface area contributed by atoms with Crippen LogP contribution < -0.4 is 0 Å². The molecule has 0 unspecified atom stereocenters. The zero-order valence-electron chi connectivity index (χ0n) is 9.44. The van der Waals surface area contributed by atoms with Crippen molar-refractivity contribution in [2.45, 2.75) is 39.2 Å². The van der Waals surface area contributed by atoms with Crippen molar-refractivity contribution in [2.24, 2.45) is 0 Å². The number of rotatable bonds is 2. The van der Waals surface area contributed by atoms with Gasteiger partial charge in [-0.2, -0.15) is 5.10 Å². The zero-order valence-corrected chi connectivity index (χ0v) is 10.3. The Balaban J connectivity index is 2.18. The van der Waals surface area contributed by atoms with E-state index in [4.69, 9.17) is 5.10 Å². The van der Waals surface area contributed by atoms with E-state index in [1.165, 1.54) is 36.2 Å². The molecule has 0 N–H and O–H groups in total. The van der Waals surface area contributed by atoms with Gasteiger partial charge in [-0.3, -0.25) is 4.68 Å². The van der Waals surface area contributed by atoms with E-state index < -0.39 is 0 Å². The molecular weight excluding hydrogens is 218 g/mol. The molecule has 16 heavy (non-hydrogen) atoms. The normalized spacial score (nSPS) is 15.1. The molecule has 0 saturated heterocycles. The Morgan fingerprint density at radius 2 is 2.25 bits per heavy atom. The summed E-state index contributed by atoms with van der Waals surface area (Å²) >= 11 is 1.71. The fourth-order valence-corrected chi connectivity index (χ4v) is 3.13. The number of fused-ring (bicyclic) bond motifs is 1. The molecule has 1 aliphatic carbocycles. The lowest BCUT2D eigenvalue weighted by atomic mass is 9.96. The number of nitrogens with zero attached hydrogens (tertiary/aromatic N) is 3. The van der Waals surface area contributed by atoms with Gasteiger partial charge in [0, 0.05) is 23.7 Å². The van der Waals surface area contributed by atoms with Crippen LogP contribution in [0.5, 0.6) is 0 Å². The van der Waals surface area contributed by atoms with Crippen molar-refractivity contribution in [3.05, 3.63) is 22.8 Å². The number of hydrogen-bond donors (Lipinski definition) is 0. The maximum absolute atomic E-state index is 4.71. The van der Waals surface area contributed by atoms with E-state index in [0.29, 0.717) is 0 Å². The van der Waals surface area contributed by atoms with Gasteiger partial charge < -0.3 is 0 Å². The maximum atomic E-state index is 4.71. The second kappa shape index (κ2) is 4.01. The fraction of sp³-hybridized carbons (Fsp3) is 0.500. The predicted octanol–water partition coefficient (Wildman–Crippen LogP) is 2.91. The summed E-state index contributed by atoms with van der Waals surface area (Å²) in [6.07, 6.45) is 6.76. The highest BCUT2D eigenvalue weighted by atomic mass is 32.1. The third kappa shape index (κ3) is 1.48. The summed E-state index contributed by atoms with van der Waals surface area (Å²) in [5.74, 6) is 0. The van der Waals surface area contributed by atoms with Crippen LogP contribution in [0.15, 0.2) is 11.6 Å². The average Bonchev–Trinajstić information content (AvgIpc) is 2.94. The smallest absolute Gasteiger partial charge is 0.141 e. The molecule has 3 nitrogen and oxygen atoms in total. The summed E-state index contributed by atoms with van der Waals surface area (Å²) in [5, 5.41) is 7.87. The molecule has 0 aromatic carbocycles. The van der Waals surface area contributed by atoms with E-state index in [1.807, 2.05) is 11.6 Å². The van der Waals surface area contributed by atoms with Crippen molar-refractivity contribution >= 4 is 11.3 Å². The largest absolute Gasteiger partial charge is 0.262 e. The fourth-order valence-electron chi connectivity index (χ4n) is 2.42. The molecule has 1 aliphatic rings. The van der Waals surface area contributed by atoms with E-state index in [2.05, 4.69) is 16.6 Å². The SMILES string of the molecule is CCn1nc2c(c1-c1nccs1)CCCC2. The minimum Gasteiger partial charge on any atom is -0.262 e. The maximum Gasteiger partial charge on any atom is 0.141 e. The summed E-state index contributed by atoms with van der Waals surface area (Å²) in [4.78, 5) is 4.43. The molecular formula is C12H15N3S. The Morgan fingerprint density at radius 1 is 1.38 bits per heavy atom. The summed E-state index contributed by atoms with van der Waals surface area (Å²) in [6.45, 7) is 3.08. The summed E-state index contributed by atoms with van der Waals surface area (Å²) in [7, 11) is 0. The minimum atomic E-state index is 0.932. The first-order valence-corrected chi connectivity index (χ1v) is 6.76. The molecule has 0 atom stereocenters. The first-order valence-electron chi connectivity index (χ1n) is 5.88. The standard InChI is InChI=1S/C12H15N3S/c1-2-15-11(12-13-7-8-16-12)9-5-3-4-6-10(9)14-15/h7-8H,2-6H2,1H3. The minimum absolute atomic E-state index is 0.932. The second-order valence-corrected chi connectivity index (χ2v) is 5.03. The van der Waals surface area contributed by atoms with Gasteiger partial charge in [-0.25, -0.2) is 4.98 Å². The summed E-state index contributed by atoms with van der Waals surface area (Å²) in [5.41, 5.74) is 4.02. The zero-order chi connectivity index (χ0) is 11.0. The third-order valence-electron chi connectivity index (χ3n) is 3.16. The number of aryl methyl sites for hydroxylation is 2. The molecule has 3 rings (SSSR count). The highest BCUT2D eigenvalue weighted by Crippen LogP contribution is 2.32. The van der Waals surface area contributed by atoms with E-state index in [1.54, 1.807) is 11.3 Å². The van der Waals surface area contributed by atoms with E-state index in [0.717, 1.165) is 18.0 Å². The van der Waals surface area contributed by atoms with Crippen LogP contribution in [-0.2, 0) is 19.4 Å². The van der Waals surface area contributed by atoms with Crippen molar-refractivity contribution < 1.29 is 0 Å². The number of thiazole rings is 1. The van der Waals surface area contributed by atoms with Crippen molar-refractivity contribution in [2.75, 3.05) is 0 Å². The molecule has 0 radical (unpaired) electrons. The Hall–Kier alpha value is -1.16. The molecule has 84 valence electrons. The lowest BCUT2D eigenvalue weighted by Gasteiger charge is -2.10. The van der Waals surface area contributed by atoms with Gasteiger partial charge in [0.05, 0.1) is 5.69 Å². The molecule has 0 amide bonds. The van der Waals surface area contributed by atoms with Crippen LogP contribution in [0.25, 0.3) is 10.7 Å². The van der Waals surface area contributed by atoms with Crippen LogP contribution >= 0.6 is 11.3 Å². The van der Waals surface area contributed by atoms with Crippen LogP contribution in [0.2, 0.25) is 0 Å². The second-order valence-electron chi connectivity index (χ2n) is 4.13.